The zero-order valence-electron chi connectivity index (χ0n) is 7.63. The SMILES string of the molecule is CS(=O)(=O)c1ccc([NH])cc1S(=O)(=O)O. The Morgan fingerprint density at radius 3 is 2.07 bits per heavy atom. The third kappa shape index (κ3) is 2.67. The summed E-state index contributed by atoms with van der Waals surface area (Å²) >= 11 is 0. The molecular weight excluding hydrogens is 242 g/mol. The molecule has 1 radical (unpaired) electrons. The van der Waals surface area contributed by atoms with E-state index < -0.39 is 29.7 Å². The molecule has 83 valence electrons. The molecule has 0 atom stereocenters. The Kier molecular flexibility index (Phi) is 2.77. The monoisotopic (exact) mass is 250 g/mol. The Morgan fingerprint density at radius 2 is 1.67 bits per heavy atom. The average molecular weight is 250 g/mol. The molecule has 0 amide bonds. The van der Waals surface area contributed by atoms with Gasteiger partial charge in [-0.1, -0.05) is 0 Å². The molecule has 8 heteroatoms. The van der Waals surface area contributed by atoms with Crippen molar-refractivity contribution in [3.63, 3.8) is 0 Å². The minimum atomic E-state index is -4.64. The summed E-state index contributed by atoms with van der Waals surface area (Å²) in [5.41, 5.74) is 6.95. The standard InChI is InChI=1S/C7H8NO5S2/c1-14(9,10)6-3-2-5(8)4-7(6)15(11,12)13/h2-4,8H,1H3,(H,11,12,13). The highest BCUT2D eigenvalue weighted by molar-refractivity contribution is 7.92. The van der Waals surface area contributed by atoms with Crippen LogP contribution >= 0.6 is 0 Å². The van der Waals surface area contributed by atoms with E-state index >= 15 is 0 Å². The van der Waals surface area contributed by atoms with Crippen molar-refractivity contribution in [2.45, 2.75) is 9.79 Å². The number of sulfone groups is 1. The molecule has 1 aromatic rings. The lowest BCUT2D eigenvalue weighted by molar-refractivity contribution is 0.480. The maximum absolute atomic E-state index is 11.2. The van der Waals surface area contributed by atoms with Gasteiger partial charge in [0.1, 0.15) is 4.90 Å². The quantitative estimate of drug-likeness (QED) is 0.756. The fraction of sp³-hybridized carbons (Fsp3) is 0.143. The predicted molar refractivity (Wildman–Crippen MR) is 52.1 cm³/mol. The summed E-state index contributed by atoms with van der Waals surface area (Å²) in [6.45, 7) is 0. The zero-order valence-corrected chi connectivity index (χ0v) is 9.26. The van der Waals surface area contributed by atoms with Crippen LogP contribution in [0.1, 0.15) is 0 Å². The first-order valence-corrected chi connectivity index (χ1v) is 6.99. The fourth-order valence-corrected chi connectivity index (χ4v) is 3.12. The molecule has 0 fully saturated rings. The van der Waals surface area contributed by atoms with Crippen molar-refractivity contribution in [3.8, 4) is 0 Å². The van der Waals surface area contributed by atoms with Gasteiger partial charge in [0.2, 0.25) is 0 Å². The van der Waals surface area contributed by atoms with E-state index in [1.807, 2.05) is 0 Å². The first-order chi connectivity index (χ1) is 6.62. The topological polar surface area (TPSA) is 112 Å². The van der Waals surface area contributed by atoms with Gasteiger partial charge in [0.25, 0.3) is 10.1 Å². The second-order valence-electron chi connectivity index (χ2n) is 2.91. The highest BCUT2D eigenvalue weighted by Crippen LogP contribution is 2.23. The van der Waals surface area contributed by atoms with E-state index in [1.165, 1.54) is 0 Å². The van der Waals surface area contributed by atoms with Crippen LogP contribution in [0.5, 0.6) is 0 Å². The average Bonchev–Trinajstić information content (AvgIpc) is 2.00. The molecule has 0 saturated heterocycles. The molecule has 1 aromatic carbocycles. The number of hydrogen-bond donors (Lipinski definition) is 1. The molecule has 0 aromatic heterocycles. The van der Waals surface area contributed by atoms with E-state index in [0.29, 0.717) is 0 Å². The number of hydrogen-bond acceptors (Lipinski definition) is 4. The van der Waals surface area contributed by atoms with Gasteiger partial charge >= 0.3 is 0 Å². The normalized spacial score (nSPS) is 12.7. The Balaban J connectivity index is 3.71. The zero-order chi connectivity index (χ0) is 11.9. The lowest BCUT2D eigenvalue weighted by Crippen LogP contribution is -2.07. The van der Waals surface area contributed by atoms with Gasteiger partial charge in [-0.15, -0.1) is 0 Å². The summed E-state index contributed by atoms with van der Waals surface area (Å²) in [4.78, 5) is -1.28. The Hall–Kier alpha value is -1.12. The molecule has 0 heterocycles. The van der Waals surface area contributed by atoms with E-state index in [2.05, 4.69) is 0 Å². The van der Waals surface area contributed by atoms with Gasteiger partial charge in [0.05, 0.1) is 10.6 Å². The largest absolute Gasteiger partial charge is 0.301 e. The first-order valence-electron chi connectivity index (χ1n) is 3.65. The van der Waals surface area contributed by atoms with E-state index in [-0.39, 0.29) is 5.69 Å². The minimum Gasteiger partial charge on any atom is -0.301 e. The smallest absolute Gasteiger partial charge is 0.295 e. The minimum absolute atomic E-state index is 0.199. The Labute approximate surface area is 87.4 Å². The molecule has 6 nitrogen and oxygen atoms in total. The van der Waals surface area contributed by atoms with E-state index in [1.54, 1.807) is 0 Å². The van der Waals surface area contributed by atoms with Crippen molar-refractivity contribution >= 4 is 25.6 Å². The second-order valence-corrected chi connectivity index (χ2v) is 6.28. The molecule has 2 N–H and O–H groups in total. The lowest BCUT2D eigenvalue weighted by Gasteiger charge is -2.05. The van der Waals surface area contributed by atoms with Gasteiger partial charge in [-0.05, 0) is 18.2 Å². The van der Waals surface area contributed by atoms with Crippen LogP contribution < -0.4 is 5.73 Å². The summed E-state index contributed by atoms with van der Waals surface area (Å²) < 4.78 is 52.9. The van der Waals surface area contributed by atoms with Crippen LogP contribution in [0.4, 0.5) is 5.69 Å². The molecule has 0 bridgehead atoms. The predicted octanol–water partition coefficient (Wildman–Crippen LogP) is 0.251. The van der Waals surface area contributed by atoms with Crippen molar-refractivity contribution in [3.05, 3.63) is 18.2 Å². The van der Waals surface area contributed by atoms with Crippen molar-refractivity contribution in [2.24, 2.45) is 0 Å². The maximum Gasteiger partial charge on any atom is 0.295 e. The molecule has 0 unspecified atom stereocenters. The fourth-order valence-electron chi connectivity index (χ4n) is 1.02. The third-order valence-electron chi connectivity index (χ3n) is 1.62. The van der Waals surface area contributed by atoms with E-state index in [9.17, 15) is 16.8 Å². The second kappa shape index (κ2) is 3.47. The summed E-state index contributed by atoms with van der Waals surface area (Å²) in [5, 5.41) is 0. The van der Waals surface area contributed by atoms with Crippen LogP contribution in [-0.4, -0.2) is 27.6 Å². The van der Waals surface area contributed by atoms with Gasteiger partial charge in [-0.3, -0.25) is 4.55 Å². The highest BCUT2D eigenvalue weighted by Gasteiger charge is 2.22. The van der Waals surface area contributed by atoms with Crippen LogP contribution in [-0.2, 0) is 20.0 Å². The molecule has 0 aliphatic carbocycles. The van der Waals surface area contributed by atoms with Crippen molar-refractivity contribution < 1.29 is 21.4 Å². The molecule has 0 saturated carbocycles. The van der Waals surface area contributed by atoms with E-state index in [0.717, 1.165) is 24.5 Å². The van der Waals surface area contributed by atoms with Crippen LogP contribution in [0.2, 0.25) is 0 Å². The summed E-state index contributed by atoms with van der Waals surface area (Å²) in [6.07, 6.45) is 0.820. The van der Waals surface area contributed by atoms with Crippen molar-refractivity contribution in [1.29, 1.82) is 0 Å². The van der Waals surface area contributed by atoms with Crippen molar-refractivity contribution in [1.82, 2.24) is 5.73 Å². The number of benzene rings is 1. The molecule has 0 aliphatic rings. The van der Waals surface area contributed by atoms with Crippen LogP contribution in [0.3, 0.4) is 0 Å². The Bertz CT molecular complexity index is 588. The summed E-state index contributed by atoms with van der Waals surface area (Å²) in [7, 11) is -8.39. The first kappa shape index (κ1) is 12.0. The highest BCUT2D eigenvalue weighted by atomic mass is 32.2. The maximum atomic E-state index is 11.2. The molecule has 0 aliphatic heterocycles. The Morgan fingerprint density at radius 1 is 1.13 bits per heavy atom. The van der Waals surface area contributed by atoms with E-state index in [4.69, 9.17) is 10.3 Å². The van der Waals surface area contributed by atoms with Crippen LogP contribution in [0.25, 0.3) is 0 Å². The van der Waals surface area contributed by atoms with Gasteiger partial charge in [0.15, 0.2) is 9.84 Å². The lowest BCUT2D eigenvalue weighted by atomic mass is 10.3. The molecule has 1 rings (SSSR count). The van der Waals surface area contributed by atoms with Gasteiger partial charge < -0.3 is 5.73 Å². The van der Waals surface area contributed by atoms with Crippen LogP contribution in [0.15, 0.2) is 28.0 Å². The summed E-state index contributed by atoms with van der Waals surface area (Å²) in [5.74, 6) is 0. The van der Waals surface area contributed by atoms with Crippen molar-refractivity contribution in [2.75, 3.05) is 6.26 Å². The van der Waals surface area contributed by atoms with Crippen LogP contribution in [0, 0.1) is 0 Å². The summed E-state index contributed by atoms with van der Waals surface area (Å²) in [6, 6.07) is 2.89. The van der Waals surface area contributed by atoms with Gasteiger partial charge in [0, 0.05) is 6.26 Å². The molecule has 0 spiro atoms. The van der Waals surface area contributed by atoms with Gasteiger partial charge in [-0.2, -0.15) is 8.42 Å². The number of rotatable bonds is 2. The number of nitrogens with one attached hydrogen (secondary N) is 1. The van der Waals surface area contributed by atoms with Gasteiger partial charge in [-0.25, -0.2) is 8.42 Å². The molecular formula is C7H8NO5S2. The molecule has 15 heavy (non-hydrogen) atoms. The third-order valence-corrected chi connectivity index (χ3v) is 3.80.